The Bertz CT molecular complexity index is 501. The first-order valence-corrected chi connectivity index (χ1v) is 13.4. The van der Waals surface area contributed by atoms with Crippen molar-refractivity contribution in [3.05, 3.63) is 12.2 Å². The van der Waals surface area contributed by atoms with Gasteiger partial charge < -0.3 is 31.4 Å². The molecule has 0 fully saturated rings. The molecule has 0 aromatic carbocycles. The number of hydrogen-bond donors (Lipinski definition) is 4. The summed E-state index contributed by atoms with van der Waals surface area (Å²) >= 11 is 0. The molecule has 39 heavy (non-hydrogen) atoms. The zero-order chi connectivity index (χ0) is 28.2. The lowest BCUT2D eigenvalue weighted by atomic mass is 10.1. The van der Waals surface area contributed by atoms with E-state index < -0.39 is 12.2 Å². The van der Waals surface area contributed by atoms with Crippen molar-refractivity contribution < 1.29 is 45.8 Å². The first-order valence-electron chi connectivity index (χ1n) is 13.4. The predicted molar refractivity (Wildman–Crippen MR) is 166 cm³/mol. The fraction of sp³-hybridized carbons (Fsp3) is 0.821. The van der Waals surface area contributed by atoms with Gasteiger partial charge in [0.15, 0.2) is 5.78 Å². The first-order chi connectivity index (χ1) is 16.4. The quantitative estimate of drug-likeness (QED) is 0.198. The van der Waals surface area contributed by atoms with Crippen molar-refractivity contribution in [2.45, 2.75) is 150 Å². The molecule has 4 atom stereocenters. The summed E-state index contributed by atoms with van der Waals surface area (Å²) in [5, 5.41) is 35.9. The maximum absolute atomic E-state index is 10.6. The molecule has 0 heterocycles. The van der Waals surface area contributed by atoms with Crippen LogP contribution < -0.4 is 0 Å². The van der Waals surface area contributed by atoms with E-state index >= 15 is 0 Å². The standard InChI is InChI=1S/C7H16O2.2C7H14O2.C7H12O.2ClH.2H2O/c3*1-3-6(8)5-7(9)4-2;1-3-5-6-7(8)4-2;;;;/h6-9H,3-5H2,1-2H3;2*6,8H,3-5H2,1-2H3;5-6H,3-4H2,1-2H3;2*1H;2*1H2/b;;;6-5+;;;;. The van der Waals surface area contributed by atoms with Gasteiger partial charge in [-0.25, -0.2) is 0 Å². The van der Waals surface area contributed by atoms with E-state index in [1.54, 1.807) is 6.08 Å². The molecule has 0 aromatic heterocycles. The Balaban J connectivity index is -0.0000000530. The van der Waals surface area contributed by atoms with Crippen molar-refractivity contribution in [3.8, 4) is 0 Å². The molecule has 0 aliphatic carbocycles. The number of aliphatic hydroxyl groups is 4. The predicted octanol–water partition coefficient (Wildman–Crippen LogP) is 4.30. The minimum absolute atomic E-state index is 0. The Kier molecular flexibility index (Phi) is 65.5. The number of carbonyl (C=O) groups is 3. The molecule has 0 saturated heterocycles. The van der Waals surface area contributed by atoms with E-state index in [1.807, 2.05) is 61.5 Å². The van der Waals surface area contributed by atoms with Gasteiger partial charge >= 0.3 is 0 Å². The van der Waals surface area contributed by atoms with Crippen molar-refractivity contribution in [3.63, 3.8) is 0 Å². The summed E-state index contributed by atoms with van der Waals surface area (Å²) < 4.78 is 0. The number of rotatable bonds is 15. The lowest BCUT2D eigenvalue weighted by molar-refractivity contribution is -0.121. The van der Waals surface area contributed by atoms with Crippen LogP contribution in [0.5, 0.6) is 0 Å². The number of allylic oxidation sites excluding steroid dienone is 2. The molecule has 0 bridgehead atoms. The van der Waals surface area contributed by atoms with Crippen LogP contribution in [0.3, 0.4) is 0 Å². The Morgan fingerprint density at radius 1 is 0.564 bits per heavy atom. The van der Waals surface area contributed by atoms with Crippen LogP contribution in [-0.4, -0.2) is 73.1 Å². The third-order valence-electron chi connectivity index (χ3n) is 5.03. The van der Waals surface area contributed by atoms with Crippen LogP contribution >= 0.6 is 24.8 Å². The Hall–Kier alpha value is -0.910. The highest BCUT2D eigenvalue weighted by Crippen LogP contribution is 2.04. The molecule has 242 valence electrons. The van der Waals surface area contributed by atoms with Gasteiger partial charge in [0.2, 0.25) is 0 Å². The van der Waals surface area contributed by atoms with Gasteiger partial charge in [0.05, 0.1) is 24.4 Å². The van der Waals surface area contributed by atoms with Crippen molar-refractivity contribution in [1.29, 1.82) is 0 Å². The fourth-order valence-corrected chi connectivity index (χ4v) is 2.12. The fourth-order valence-electron chi connectivity index (χ4n) is 2.12. The van der Waals surface area contributed by atoms with Crippen LogP contribution in [0.2, 0.25) is 0 Å². The van der Waals surface area contributed by atoms with E-state index in [1.165, 1.54) is 0 Å². The molecule has 9 nitrogen and oxygen atoms in total. The molecule has 0 radical (unpaired) electrons. The molecule has 0 aliphatic rings. The molecule has 0 amide bonds. The number of hydrogen-bond acceptors (Lipinski definition) is 7. The second kappa shape index (κ2) is 44.1. The van der Waals surface area contributed by atoms with Crippen molar-refractivity contribution >= 4 is 42.2 Å². The summed E-state index contributed by atoms with van der Waals surface area (Å²) in [6.07, 6.45) is 8.68. The highest BCUT2D eigenvalue weighted by molar-refractivity contribution is 5.89. The van der Waals surface area contributed by atoms with Crippen LogP contribution in [-0.2, 0) is 14.4 Å². The Morgan fingerprint density at radius 2 is 0.872 bits per heavy atom. The van der Waals surface area contributed by atoms with Crippen LogP contribution in [0.25, 0.3) is 0 Å². The van der Waals surface area contributed by atoms with Crippen LogP contribution in [0.1, 0.15) is 126 Å². The van der Waals surface area contributed by atoms with E-state index in [9.17, 15) is 14.4 Å². The van der Waals surface area contributed by atoms with Crippen LogP contribution in [0, 0.1) is 0 Å². The molecule has 0 aromatic rings. The second-order valence-corrected chi connectivity index (χ2v) is 8.31. The van der Waals surface area contributed by atoms with E-state index in [0.29, 0.717) is 51.4 Å². The number of aliphatic hydroxyl groups excluding tert-OH is 4. The van der Waals surface area contributed by atoms with Gasteiger partial charge in [-0.1, -0.05) is 61.5 Å². The molecule has 0 saturated carbocycles. The van der Waals surface area contributed by atoms with Gasteiger partial charge in [-0.15, -0.1) is 24.8 Å². The summed E-state index contributed by atoms with van der Waals surface area (Å²) in [6, 6.07) is 0. The molecular weight excluding hydrogens is 551 g/mol. The van der Waals surface area contributed by atoms with E-state index in [4.69, 9.17) is 20.4 Å². The summed E-state index contributed by atoms with van der Waals surface area (Å²) in [5.74, 6) is 0.501. The van der Waals surface area contributed by atoms with Crippen molar-refractivity contribution in [1.82, 2.24) is 0 Å². The average molecular weight is 614 g/mol. The zero-order valence-electron chi connectivity index (χ0n) is 25.6. The Morgan fingerprint density at radius 3 is 1.08 bits per heavy atom. The SMILES string of the molecule is CC/C=C/C(=O)CC.CCC(=O)CC(O)CC.CCC(=O)CC(O)CC.CCC(O)CC(O)CC.Cl.Cl.O.O. The van der Waals surface area contributed by atoms with Gasteiger partial charge in [-0.05, 0) is 44.6 Å². The second-order valence-electron chi connectivity index (χ2n) is 8.31. The smallest absolute Gasteiger partial charge is 0.155 e. The van der Waals surface area contributed by atoms with E-state index in [-0.39, 0.29) is 65.3 Å². The highest BCUT2D eigenvalue weighted by atomic mass is 35.5. The number of ketones is 3. The minimum Gasteiger partial charge on any atom is -0.412 e. The highest BCUT2D eigenvalue weighted by Gasteiger charge is 2.07. The van der Waals surface area contributed by atoms with Gasteiger partial charge in [0.25, 0.3) is 0 Å². The normalized spacial score (nSPS) is 12.2. The third kappa shape index (κ3) is 54.0. The topological polar surface area (TPSA) is 195 Å². The van der Waals surface area contributed by atoms with E-state index in [0.717, 1.165) is 19.3 Å². The average Bonchev–Trinajstić information content (AvgIpc) is 2.87. The molecule has 4 unspecified atom stereocenters. The molecule has 0 spiro atoms. The molecule has 0 rings (SSSR count). The third-order valence-corrected chi connectivity index (χ3v) is 5.03. The van der Waals surface area contributed by atoms with Gasteiger partial charge in [0, 0.05) is 32.1 Å². The monoisotopic (exact) mass is 612 g/mol. The number of carbonyl (C=O) groups excluding carboxylic acids is 3. The Labute approximate surface area is 250 Å². The zero-order valence-corrected chi connectivity index (χ0v) is 27.2. The summed E-state index contributed by atoms with van der Waals surface area (Å²) in [5.41, 5.74) is 0. The number of Topliss-reactive ketones (excluding diaryl/α,β-unsaturated/α-hetero) is 2. The molecule has 8 N–H and O–H groups in total. The van der Waals surface area contributed by atoms with Crippen LogP contribution in [0.15, 0.2) is 12.2 Å². The van der Waals surface area contributed by atoms with Gasteiger partial charge in [-0.2, -0.15) is 0 Å². The maximum Gasteiger partial charge on any atom is 0.155 e. The molecule has 11 heteroatoms. The molecule has 0 aliphatic heterocycles. The van der Waals surface area contributed by atoms with Gasteiger partial charge in [-0.3, -0.25) is 14.4 Å². The summed E-state index contributed by atoms with van der Waals surface area (Å²) in [6.45, 7) is 15.1. The summed E-state index contributed by atoms with van der Waals surface area (Å²) in [7, 11) is 0. The van der Waals surface area contributed by atoms with E-state index in [2.05, 4.69) is 0 Å². The molecular formula is C28H62Cl2O9. The van der Waals surface area contributed by atoms with Crippen molar-refractivity contribution in [2.24, 2.45) is 0 Å². The largest absolute Gasteiger partial charge is 0.412 e. The minimum atomic E-state index is -0.419. The van der Waals surface area contributed by atoms with Crippen LogP contribution in [0.4, 0.5) is 0 Å². The first kappa shape index (κ1) is 57.9. The lowest BCUT2D eigenvalue weighted by Gasteiger charge is -2.11. The lowest BCUT2D eigenvalue weighted by Crippen LogP contribution is -2.15. The maximum atomic E-state index is 10.6. The summed E-state index contributed by atoms with van der Waals surface area (Å²) in [4.78, 5) is 31.7. The van der Waals surface area contributed by atoms with Crippen molar-refractivity contribution in [2.75, 3.05) is 0 Å². The number of halogens is 2. The van der Waals surface area contributed by atoms with Gasteiger partial charge in [0.1, 0.15) is 11.6 Å².